The van der Waals surface area contributed by atoms with Crippen molar-refractivity contribution in [3.05, 3.63) is 24.3 Å². The van der Waals surface area contributed by atoms with Gasteiger partial charge in [-0.05, 0) is 25.0 Å². The van der Waals surface area contributed by atoms with Crippen molar-refractivity contribution in [2.45, 2.75) is 23.0 Å². The topological polar surface area (TPSA) is 60.2 Å². The SMILES string of the molecule is Nc1ccccc1S(=O)(=O)C1CC1. The predicted octanol–water partition coefficient (Wildman–Crippen LogP) is 1.20. The lowest BCUT2D eigenvalue weighted by Gasteiger charge is -2.04. The molecule has 0 atom stereocenters. The zero-order chi connectivity index (χ0) is 9.47. The Balaban J connectivity index is 2.51. The van der Waals surface area contributed by atoms with Crippen molar-refractivity contribution in [2.75, 3.05) is 5.73 Å². The van der Waals surface area contributed by atoms with Crippen LogP contribution < -0.4 is 5.73 Å². The lowest BCUT2D eigenvalue weighted by atomic mass is 10.3. The van der Waals surface area contributed by atoms with Gasteiger partial charge in [0.15, 0.2) is 9.84 Å². The van der Waals surface area contributed by atoms with E-state index in [0.29, 0.717) is 5.69 Å². The Morgan fingerprint density at radius 3 is 2.38 bits per heavy atom. The Bertz CT molecular complexity index is 421. The van der Waals surface area contributed by atoms with Gasteiger partial charge in [-0.25, -0.2) is 8.42 Å². The number of hydrogen-bond acceptors (Lipinski definition) is 3. The Hall–Kier alpha value is -1.03. The van der Waals surface area contributed by atoms with Gasteiger partial charge in [-0.2, -0.15) is 0 Å². The third kappa shape index (κ3) is 1.42. The Morgan fingerprint density at radius 1 is 1.23 bits per heavy atom. The molecule has 1 aliphatic carbocycles. The van der Waals surface area contributed by atoms with Gasteiger partial charge in [-0.1, -0.05) is 12.1 Å². The van der Waals surface area contributed by atoms with E-state index in [1.165, 1.54) is 0 Å². The van der Waals surface area contributed by atoms with Crippen LogP contribution in [-0.4, -0.2) is 13.7 Å². The Kier molecular flexibility index (Phi) is 1.80. The number of nitrogens with two attached hydrogens (primary N) is 1. The number of nitrogen functional groups attached to an aromatic ring is 1. The summed E-state index contributed by atoms with van der Waals surface area (Å²) < 4.78 is 23.5. The fourth-order valence-electron chi connectivity index (χ4n) is 1.30. The molecule has 0 heterocycles. The van der Waals surface area contributed by atoms with E-state index in [9.17, 15) is 8.42 Å². The largest absolute Gasteiger partial charge is 0.398 e. The van der Waals surface area contributed by atoms with Gasteiger partial charge in [-0.15, -0.1) is 0 Å². The van der Waals surface area contributed by atoms with Gasteiger partial charge in [0.1, 0.15) is 0 Å². The molecule has 13 heavy (non-hydrogen) atoms. The van der Waals surface area contributed by atoms with Crippen LogP contribution in [0.3, 0.4) is 0 Å². The van der Waals surface area contributed by atoms with E-state index in [-0.39, 0.29) is 10.1 Å². The molecule has 2 rings (SSSR count). The third-order valence-corrected chi connectivity index (χ3v) is 4.52. The van der Waals surface area contributed by atoms with Crippen molar-refractivity contribution < 1.29 is 8.42 Å². The molecule has 1 aromatic rings. The summed E-state index contributed by atoms with van der Waals surface area (Å²) in [5, 5.41) is -0.183. The number of sulfone groups is 1. The lowest BCUT2D eigenvalue weighted by molar-refractivity contribution is 0.595. The minimum Gasteiger partial charge on any atom is -0.398 e. The van der Waals surface area contributed by atoms with Crippen LogP contribution in [0.4, 0.5) is 5.69 Å². The third-order valence-electron chi connectivity index (χ3n) is 2.19. The Labute approximate surface area is 77.5 Å². The van der Waals surface area contributed by atoms with E-state index < -0.39 is 9.84 Å². The molecule has 1 aromatic carbocycles. The molecule has 2 N–H and O–H groups in total. The number of benzene rings is 1. The molecule has 0 aromatic heterocycles. The van der Waals surface area contributed by atoms with Crippen molar-refractivity contribution in [1.29, 1.82) is 0 Å². The second-order valence-electron chi connectivity index (χ2n) is 3.28. The summed E-state index contributed by atoms with van der Waals surface area (Å²) in [4.78, 5) is 0.289. The van der Waals surface area contributed by atoms with E-state index in [1.807, 2.05) is 0 Å². The molecule has 0 aliphatic heterocycles. The van der Waals surface area contributed by atoms with Crippen LogP contribution in [-0.2, 0) is 9.84 Å². The fourth-order valence-corrected chi connectivity index (χ4v) is 3.08. The highest BCUT2D eigenvalue weighted by atomic mass is 32.2. The maximum Gasteiger partial charge on any atom is 0.183 e. The van der Waals surface area contributed by atoms with Crippen LogP contribution in [0.1, 0.15) is 12.8 Å². The molecule has 70 valence electrons. The second-order valence-corrected chi connectivity index (χ2v) is 5.48. The van der Waals surface area contributed by atoms with Gasteiger partial charge in [0.2, 0.25) is 0 Å². The second kappa shape index (κ2) is 2.73. The molecule has 0 unspecified atom stereocenters. The first-order valence-corrected chi connectivity index (χ1v) is 5.75. The van der Waals surface area contributed by atoms with Crippen LogP contribution in [0.5, 0.6) is 0 Å². The molecular weight excluding hydrogens is 186 g/mol. The monoisotopic (exact) mass is 197 g/mol. The minimum absolute atomic E-state index is 0.183. The minimum atomic E-state index is -3.12. The standard InChI is InChI=1S/C9H11NO2S/c10-8-3-1-2-4-9(8)13(11,12)7-5-6-7/h1-4,7H,5-6,10H2. The number of anilines is 1. The maximum atomic E-state index is 11.7. The highest BCUT2D eigenvalue weighted by molar-refractivity contribution is 7.92. The molecule has 4 heteroatoms. The summed E-state index contributed by atoms with van der Waals surface area (Å²) in [6.45, 7) is 0. The zero-order valence-electron chi connectivity index (χ0n) is 7.10. The first-order valence-electron chi connectivity index (χ1n) is 4.21. The fraction of sp³-hybridized carbons (Fsp3) is 0.333. The molecule has 0 radical (unpaired) electrons. The summed E-state index contributed by atoms with van der Waals surface area (Å²) in [6.07, 6.45) is 1.55. The molecule has 1 saturated carbocycles. The molecule has 0 amide bonds. The highest BCUT2D eigenvalue weighted by Gasteiger charge is 2.37. The maximum absolute atomic E-state index is 11.7. The Morgan fingerprint density at radius 2 is 1.85 bits per heavy atom. The smallest absolute Gasteiger partial charge is 0.183 e. The quantitative estimate of drug-likeness (QED) is 0.725. The van der Waals surface area contributed by atoms with Gasteiger partial charge < -0.3 is 5.73 Å². The van der Waals surface area contributed by atoms with Gasteiger partial charge in [0, 0.05) is 0 Å². The van der Waals surface area contributed by atoms with E-state index in [4.69, 9.17) is 5.73 Å². The summed E-state index contributed by atoms with van der Waals surface area (Å²) in [5.41, 5.74) is 5.95. The van der Waals surface area contributed by atoms with Crippen LogP contribution >= 0.6 is 0 Å². The highest BCUT2D eigenvalue weighted by Crippen LogP contribution is 2.35. The zero-order valence-corrected chi connectivity index (χ0v) is 7.92. The van der Waals surface area contributed by atoms with Gasteiger partial charge in [-0.3, -0.25) is 0 Å². The number of hydrogen-bond donors (Lipinski definition) is 1. The molecule has 0 saturated heterocycles. The van der Waals surface area contributed by atoms with Crippen molar-refractivity contribution in [1.82, 2.24) is 0 Å². The number of para-hydroxylation sites is 1. The molecule has 3 nitrogen and oxygen atoms in total. The van der Waals surface area contributed by atoms with Crippen molar-refractivity contribution in [2.24, 2.45) is 0 Å². The van der Waals surface area contributed by atoms with Gasteiger partial charge in [0.05, 0.1) is 15.8 Å². The van der Waals surface area contributed by atoms with E-state index in [2.05, 4.69) is 0 Å². The van der Waals surface area contributed by atoms with E-state index in [0.717, 1.165) is 12.8 Å². The van der Waals surface area contributed by atoms with Crippen LogP contribution in [0.25, 0.3) is 0 Å². The van der Waals surface area contributed by atoms with Crippen LogP contribution in [0.2, 0.25) is 0 Å². The first-order chi connectivity index (χ1) is 6.12. The molecule has 0 spiro atoms. The van der Waals surface area contributed by atoms with Crippen molar-refractivity contribution >= 4 is 15.5 Å². The molecule has 1 aliphatic rings. The lowest BCUT2D eigenvalue weighted by Crippen LogP contribution is -2.09. The molecule has 0 bridgehead atoms. The average Bonchev–Trinajstić information content (AvgIpc) is 2.86. The van der Waals surface area contributed by atoms with Crippen molar-refractivity contribution in [3.8, 4) is 0 Å². The predicted molar refractivity (Wildman–Crippen MR) is 51.1 cm³/mol. The van der Waals surface area contributed by atoms with Crippen LogP contribution in [0, 0.1) is 0 Å². The molecule has 1 fully saturated rings. The average molecular weight is 197 g/mol. The number of rotatable bonds is 2. The van der Waals surface area contributed by atoms with E-state index in [1.54, 1.807) is 24.3 Å². The molecular formula is C9H11NO2S. The summed E-state index contributed by atoms with van der Waals surface area (Å²) >= 11 is 0. The van der Waals surface area contributed by atoms with Crippen molar-refractivity contribution in [3.63, 3.8) is 0 Å². The van der Waals surface area contributed by atoms with Crippen LogP contribution in [0.15, 0.2) is 29.2 Å². The summed E-state index contributed by atoms with van der Waals surface area (Å²) in [5.74, 6) is 0. The first kappa shape index (κ1) is 8.56. The van der Waals surface area contributed by atoms with E-state index >= 15 is 0 Å². The van der Waals surface area contributed by atoms with Gasteiger partial charge >= 0.3 is 0 Å². The summed E-state index contributed by atoms with van der Waals surface area (Å²) in [6, 6.07) is 6.63. The van der Waals surface area contributed by atoms with Gasteiger partial charge in [0.25, 0.3) is 0 Å². The summed E-state index contributed by atoms with van der Waals surface area (Å²) in [7, 11) is -3.12. The normalized spacial score (nSPS) is 17.2.